The fourth-order valence-electron chi connectivity index (χ4n) is 4.36. The minimum absolute atomic E-state index is 0.267. The SMILES string of the molecule is CC(C)(C)OC(=O)N(Cc1ccccc1)c1cc(OC2CCN(C(=O)O)C2)nn2c(C3CC3)cnc12. The average molecular weight is 494 g/mol. The fraction of sp³-hybridized carbons (Fsp3) is 0.462. The molecule has 10 heteroatoms. The monoisotopic (exact) mass is 493 g/mol. The zero-order valence-electron chi connectivity index (χ0n) is 20.8. The van der Waals surface area contributed by atoms with E-state index in [1.807, 2.05) is 57.3 Å². The molecule has 1 saturated carbocycles. The summed E-state index contributed by atoms with van der Waals surface area (Å²) in [6, 6.07) is 11.4. The number of carbonyl (C=O) groups excluding carboxylic acids is 1. The highest BCUT2D eigenvalue weighted by molar-refractivity contribution is 5.92. The molecule has 0 bridgehead atoms. The van der Waals surface area contributed by atoms with Crippen LogP contribution in [0.1, 0.15) is 57.2 Å². The van der Waals surface area contributed by atoms with Crippen LogP contribution in [-0.2, 0) is 11.3 Å². The molecule has 1 N–H and O–H groups in total. The van der Waals surface area contributed by atoms with Crippen LogP contribution in [0, 0.1) is 0 Å². The summed E-state index contributed by atoms with van der Waals surface area (Å²) in [7, 11) is 0. The lowest BCUT2D eigenvalue weighted by Gasteiger charge is -2.28. The summed E-state index contributed by atoms with van der Waals surface area (Å²) < 4.78 is 13.7. The molecule has 10 nitrogen and oxygen atoms in total. The second-order valence-corrected chi connectivity index (χ2v) is 10.4. The van der Waals surface area contributed by atoms with E-state index in [4.69, 9.17) is 14.6 Å². The van der Waals surface area contributed by atoms with Crippen molar-refractivity contribution < 1.29 is 24.2 Å². The van der Waals surface area contributed by atoms with Crippen LogP contribution in [0.5, 0.6) is 5.88 Å². The van der Waals surface area contributed by atoms with E-state index < -0.39 is 17.8 Å². The van der Waals surface area contributed by atoms with Crippen molar-refractivity contribution in [2.24, 2.45) is 0 Å². The van der Waals surface area contributed by atoms with E-state index >= 15 is 0 Å². The zero-order chi connectivity index (χ0) is 25.4. The van der Waals surface area contributed by atoms with Crippen molar-refractivity contribution in [1.82, 2.24) is 19.5 Å². The van der Waals surface area contributed by atoms with Crippen molar-refractivity contribution >= 4 is 23.5 Å². The van der Waals surface area contributed by atoms with Gasteiger partial charge in [0, 0.05) is 24.9 Å². The smallest absolute Gasteiger partial charge is 0.415 e. The summed E-state index contributed by atoms with van der Waals surface area (Å²) in [6.45, 7) is 6.44. The van der Waals surface area contributed by atoms with E-state index in [2.05, 4.69) is 4.98 Å². The number of amides is 2. The summed E-state index contributed by atoms with van der Waals surface area (Å²) in [6.07, 6.45) is 2.72. The number of nitrogens with zero attached hydrogens (tertiary/aromatic N) is 5. The van der Waals surface area contributed by atoms with Crippen LogP contribution in [0.4, 0.5) is 15.3 Å². The number of hydrogen-bond donors (Lipinski definition) is 1. The van der Waals surface area contributed by atoms with Crippen molar-refractivity contribution in [2.75, 3.05) is 18.0 Å². The molecule has 2 amide bonds. The fourth-order valence-corrected chi connectivity index (χ4v) is 4.36. The molecule has 2 aliphatic rings. The molecular weight excluding hydrogens is 462 g/mol. The predicted molar refractivity (Wildman–Crippen MR) is 132 cm³/mol. The van der Waals surface area contributed by atoms with Gasteiger partial charge in [0.2, 0.25) is 5.88 Å². The molecule has 1 saturated heterocycles. The third-order valence-electron chi connectivity index (χ3n) is 6.24. The summed E-state index contributed by atoms with van der Waals surface area (Å²) >= 11 is 0. The third kappa shape index (κ3) is 5.22. The average Bonchev–Trinajstić information content (AvgIpc) is 3.39. The van der Waals surface area contributed by atoms with Crippen molar-refractivity contribution in [3.05, 3.63) is 53.9 Å². The van der Waals surface area contributed by atoms with Gasteiger partial charge in [-0.3, -0.25) is 4.90 Å². The van der Waals surface area contributed by atoms with Crippen molar-refractivity contribution in [3.63, 3.8) is 0 Å². The van der Waals surface area contributed by atoms with E-state index in [1.54, 1.807) is 15.5 Å². The van der Waals surface area contributed by atoms with Gasteiger partial charge in [-0.25, -0.2) is 19.1 Å². The first-order valence-electron chi connectivity index (χ1n) is 12.3. The molecule has 1 atom stereocenters. The van der Waals surface area contributed by atoms with Gasteiger partial charge in [0.05, 0.1) is 30.7 Å². The molecule has 2 aromatic heterocycles. The Bertz CT molecular complexity index is 1260. The van der Waals surface area contributed by atoms with Crippen LogP contribution in [0.15, 0.2) is 42.6 Å². The van der Waals surface area contributed by atoms with Gasteiger partial charge in [0.25, 0.3) is 0 Å². The molecule has 5 rings (SSSR count). The van der Waals surface area contributed by atoms with Gasteiger partial charge in [-0.05, 0) is 39.2 Å². The van der Waals surface area contributed by atoms with E-state index in [9.17, 15) is 14.7 Å². The molecule has 1 aromatic carbocycles. The number of carbonyl (C=O) groups is 2. The first kappa shape index (κ1) is 23.9. The molecule has 36 heavy (non-hydrogen) atoms. The van der Waals surface area contributed by atoms with Gasteiger partial charge >= 0.3 is 12.2 Å². The summed E-state index contributed by atoms with van der Waals surface area (Å²) in [5.74, 6) is 0.685. The van der Waals surface area contributed by atoms with Gasteiger partial charge < -0.3 is 19.5 Å². The lowest BCUT2D eigenvalue weighted by molar-refractivity contribution is 0.0577. The lowest BCUT2D eigenvalue weighted by atomic mass is 10.2. The Labute approximate surface area is 209 Å². The van der Waals surface area contributed by atoms with Crippen LogP contribution in [-0.4, -0.2) is 61.6 Å². The maximum absolute atomic E-state index is 13.5. The number of rotatable bonds is 6. The Morgan fingerprint density at radius 3 is 2.56 bits per heavy atom. The lowest BCUT2D eigenvalue weighted by Crippen LogP contribution is -2.37. The highest BCUT2D eigenvalue weighted by atomic mass is 16.6. The number of benzene rings is 1. The molecule has 1 aliphatic carbocycles. The maximum Gasteiger partial charge on any atom is 0.415 e. The Morgan fingerprint density at radius 1 is 1.17 bits per heavy atom. The van der Waals surface area contributed by atoms with E-state index in [0.717, 1.165) is 24.1 Å². The molecule has 3 heterocycles. The predicted octanol–water partition coefficient (Wildman–Crippen LogP) is 4.68. The van der Waals surface area contributed by atoms with E-state index in [0.29, 0.717) is 36.1 Å². The van der Waals surface area contributed by atoms with Gasteiger partial charge in [-0.1, -0.05) is 30.3 Å². The summed E-state index contributed by atoms with van der Waals surface area (Å²) in [5.41, 5.74) is 2.29. The van der Waals surface area contributed by atoms with Gasteiger partial charge in [0.15, 0.2) is 5.65 Å². The summed E-state index contributed by atoms with van der Waals surface area (Å²) in [5, 5.41) is 14.0. The number of ether oxygens (including phenoxy) is 2. The number of aromatic nitrogens is 3. The van der Waals surface area contributed by atoms with Gasteiger partial charge in [0.1, 0.15) is 11.7 Å². The molecule has 0 radical (unpaired) electrons. The normalized spacial score (nSPS) is 17.9. The Hall–Kier alpha value is -3.82. The van der Waals surface area contributed by atoms with Crippen molar-refractivity contribution in [1.29, 1.82) is 0 Å². The Balaban J connectivity index is 1.56. The zero-order valence-corrected chi connectivity index (χ0v) is 20.8. The molecule has 3 aromatic rings. The van der Waals surface area contributed by atoms with Crippen LogP contribution in [0.2, 0.25) is 0 Å². The Morgan fingerprint density at radius 2 is 1.92 bits per heavy atom. The quantitative estimate of drug-likeness (QED) is 0.531. The topological polar surface area (TPSA) is 110 Å². The highest BCUT2D eigenvalue weighted by Gasteiger charge is 2.33. The van der Waals surface area contributed by atoms with Crippen molar-refractivity contribution in [3.8, 4) is 5.88 Å². The number of imidazole rings is 1. The number of carboxylic acid groups (broad SMARTS) is 1. The Kier molecular flexibility index (Phi) is 6.19. The van der Waals surface area contributed by atoms with E-state index in [1.165, 1.54) is 4.90 Å². The highest BCUT2D eigenvalue weighted by Crippen LogP contribution is 2.41. The largest absolute Gasteiger partial charge is 0.471 e. The minimum atomic E-state index is -0.963. The van der Waals surface area contributed by atoms with Crippen LogP contribution in [0.3, 0.4) is 0 Å². The molecule has 2 fully saturated rings. The third-order valence-corrected chi connectivity index (χ3v) is 6.24. The summed E-state index contributed by atoms with van der Waals surface area (Å²) in [4.78, 5) is 32.4. The van der Waals surface area contributed by atoms with Crippen molar-refractivity contribution in [2.45, 2.75) is 64.2 Å². The molecule has 1 unspecified atom stereocenters. The van der Waals surface area contributed by atoms with Crippen LogP contribution in [0.25, 0.3) is 5.65 Å². The standard InChI is InChI=1S/C26H31N5O5/c1-26(2,3)36-25(34)30(15-17-7-5-4-6-8-17)20-13-22(35-19-11-12-29(16-19)24(32)33)28-31-21(18-9-10-18)14-27-23(20)31/h4-8,13-14,18-19H,9-12,15-16H2,1-3H3,(H,32,33). The molecule has 0 spiro atoms. The molecule has 190 valence electrons. The van der Waals surface area contributed by atoms with Crippen LogP contribution < -0.4 is 9.64 Å². The van der Waals surface area contributed by atoms with Crippen LogP contribution >= 0.6 is 0 Å². The van der Waals surface area contributed by atoms with E-state index in [-0.39, 0.29) is 19.2 Å². The number of likely N-dealkylation sites (tertiary alicyclic amines) is 1. The second kappa shape index (κ2) is 9.33. The first-order valence-corrected chi connectivity index (χ1v) is 12.3. The van der Waals surface area contributed by atoms with Gasteiger partial charge in [-0.15, -0.1) is 5.10 Å². The first-order chi connectivity index (χ1) is 17.2. The van der Waals surface area contributed by atoms with Gasteiger partial charge in [-0.2, -0.15) is 0 Å². The molecule has 1 aliphatic heterocycles. The second-order valence-electron chi connectivity index (χ2n) is 10.4. The maximum atomic E-state index is 13.5. The minimum Gasteiger partial charge on any atom is -0.471 e. The number of hydrogen-bond acceptors (Lipinski definition) is 6. The molecular formula is C26H31N5O5. The number of anilines is 1. The number of fused-ring (bicyclic) bond motifs is 1.